The number of nitrogens with one attached hydrogen (secondary N) is 1. The molecule has 1 unspecified atom stereocenters. The van der Waals surface area contributed by atoms with Crippen LogP contribution in [0.2, 0.25) is 0 Å². The van der Waals surface area contributed by atoms with Crippen molar-refractivity contribution in [3.05, 3.63) is 0 Å². The summed E-state index contributed by atoms with van der Waals surface area (Å²) in [5.74, 6) is 1.27. The number of rotatable bonds is 8. The molecule has 0 aromatic rings. The molecule has 1 atom stereocenters. The Bertz CT molecular complexity index is 180. The smallest absolute Gasteiger partial charge is 0.0537 e. The highest BCUT2D eigenvalue weighted by atomic mass is 32.2. The predicted octanol–water partition coefficient (Wildman–Crippen LogP) is 4.57. The molecule has 1 fully saturated rings. The summed E-state index contributed by atoms with van der Waals surface area (Å²) in [7, 11) is 0. The molecule has 1 saturated heterocycles. The lowest BCUT2D eigenvalue weighted by Crippen LogP contribution is -2.38. The van der Waals surface area contributed by atoms with Crippen molar-refractivity contribution in [2.45, 2.75) is 83.1 Å². The van der Waals surface area contributed by atoms with E-state index in [-0.39, 0.29) is 0 Å². The summed E-state index contributed by atoms with van der Waals surface area (Å²) in [5.41, 5.74) is 0.371. The van der Waals surface area contributed by atoms with Crippen molar-refractivity contribution < 1.29 is 0 Å². The summed E-state index contributed by atoms with van der Waals surface area (Å²) in [5, 5.41) is 4.43. The Hall–Kier alpha value is 0.310. The summed E-state index contributed by atoms with van der Waals surface area (Å²) >= 11 is 2.11. The van der Waals surface area contributed by atoms with Gasteiger partial charge in [0.05, 0.1) is 5.37 Å². The van der Waals surface area contributed by atoms with Gasteiger partial charge in [0.25, 0.3) is 0 Å². The van der Waals surface area contributed by atoms with Crippen LogP contribution in [0.1, 0.15) is 72.1 Å². The van der Waals surface area contributed by atoms with Crippen molar-refractivity contribution in [3.8, 4) is 0 Å². The van der Waals surface area contributed by atoms with Gasteiger partial charge in [-0.25, -0.2) is 0 Å². The molecule has 0 radical (unpaired) electrons. The van der Waals surface area contributed by atoms with Gasteiger partial charge in [0.2, 0.25) is 0 Å². The van der Waals surface area contributed by atoms with Gasteiger partial charge in [0, 0.05) is 11.3 Å². The van der Waals surface area contributed by atoms with E-state index in [9.17, 15) is 0 Å². The number of hydrogen-bond donors (Lipinski definition) is 1. The van der Waals surface area contributed by atoms with Crippen LogP contribution >= 0.6 is 11.8 Å². The largest absolute Gasteiger partial charge is 0.299 e. The van der Waals surface area contributed by atoms with Crippen molar-refractivity contribution >= 4 is 11.8 Å². The van der Waals surface area contributed by atoms with Crippen molar-refractivity contribution in [2.24, 2.45) is 0 Å². The van der Waals surface area contributed by atoms with Gasteiger partial charge in [-0.15, -0.1) is 11.8 Å². The summed E-state index contributed by atoms with van der Waals surface area (Å²) in [6.07, 6.45) is 11.3. The van der Waals surface area contributed by atoms with Crippen LogP contribution in [-0.4, -0.2) is 16.7 Å². The zero-order valence-electron chi connectivity index (χ0n) is 11.3. The molecule has 16 heavy (non-hydrogen) atoms. The quantitative estimate of drug-likeness (QED) is 0.627. The van der Waals surface area contributed by atoms with Gasteiger partial charge in [-0.2, -0.15) is 0 Å². The molecule has 1 aliphatic rings. The fourth-order valence-electron chi connectivity index (χ4n) is 2.27. The van der Waals surface area contributed by atoms with E-state index in [0.29, 0.717) is 5.54 Å². The standard InChI is InChI=1S/C14H29NS/c1-4-5-6-7-8-9-10-11-13-15-14(2,3)12-16-13/h13,15H,4-12H2,1-3H3. The van der Waals surface area contributed by atoms with Gasteiger partial charge in [-0.05, 0) is 20.3 Å². The van der Waals surface area contributed by atoms with E-state index >= 15 is 0 Å². The highest BCUT2D eigenvalue weighted by Gasteiger charge is 2.29. The third-order valence-electron chi connectivity index (χ3n) is 3.27. The first-order valence-corrected chi connectivity index (χ1v) is 8.08. The van der Waals surface area contributed by atoms with Crippen molar-refractivity contribution in [2.75, 3.05) is 5.75 Å². The minimum Gasteiger partial charge on any atom is -0.299 e. The monoisotopic (exact) mass is 243 g/mol. The predicted molar refractivity (Wildman–Crippen MR) is 76.1 cm³/mol. The minimum absolute atomic E-state index is 0.371. The molecule has 0 aliphatic carbocycles. The van der Waals surface area contributed by atoms with E-state index < -0.39 is 0 Å². The zero-order valence-corrected chi connectivity index (χ0v) is 12.2. The highest BCUT2D eigenvalue weighted by molar-refractivity contribution is 8.00. The Kier molecular flexibility index (Phi) is 6.83. The third kappa shape index (κ3) is 6.15. The van der Waals surface area contributed by atoms with Gasteiger partial charge in [-0.1, -0.05) is 51.9 Å². The lowest BCUT2D eigenvalue weighted by Gasteiger charge is -2.18. The van der Waals surface area contributed by atoms with Crippen LogP contribution in [0.15, 0.2) is 0 Å². The molecular formula is C14H29NS. The summed E-state index contributed by atoms with van der Waals surface area (Å²) in [6, 6.07) is 0. The average molecular weight is 243 g/mol. The molecule has 0 saturated carbocycles. The Morgan fingerprint density at radius 2 is 1.69 bits per heavy atom. The second-order valence-corrected chi connectivity index (χ2v) is 6.93. The molecule has 0 aromatic carbocycles. The van der Waals surface area contributed by atoms with Crippen molar-refractivity contribution in [1.29, 1.82) is 0 Å². The van der Waals surface area contributed by atoms with E-state index in [4.69, 9.17) is 0 Å². The minimum atomic E-state index is 0.371. The molecule has 1 nitrogen and oxygen atoms in total. The summed E-state index contributed by atoms with van der Waals surface area (Å²) in [4.78, 5) is 0. The Morgan fingerprint density at radius 3 is 2.25 bits per heavy atom. The molecule has 0 bridgehead atoms. The van der Waals surface area contributed by atoms with Crippen molar-refractivity contribution in [3.63, 3.8) is 0 Å². The molecule has 2 heteroatoms. The first kappa shape index (κ1) is 14.4. The number of thioether (sulfide) groups is 1. The molecule has 96 valence electrons. The van der Waals surface area contributed by atoms with E-state index in [2.05, 4.69) is 37.8 Å². The molecule has 0 spiro atoms. The fourth-order valence-corrected chi connectivity index (χ4v) is 3.71. The SMILES string of the molecule is CCCCCCCCCC1NC(C)(C)CS1. The normalized spacial score (nSPS) is 23.8. The lowest BCUT2D eigenvalue weighted by atomic mass is 10.1. The molecule has 1 N–H and O–H groups in total. The molecular weight excluding hydrogens is 214 g/mol. The van der Waals surface area contributed by atoms with Crippen LogP contribution in [0.4, 0.5) is 0 Å². The second kappa shape index (κ2) is 7.60. The van der Waals surface area contributed by atoms with Gasteiger partial charge < -0.3 is 0 Å². The van der Waals surface area contributed by atoms with Crippen LogP contribution < -0.4 is 5.32 Å². The van der Waals surface area contributed by atoms with Gasteiger partial charge in [0.15, 0.2) is 0 Å². The second-order valence-electron chi connectivity index (χ2n) is 5.74. The maximum Gasteiger partial charge on any atom is 0.0537 e. The Labute approximate surface area is 106 Å². The van der Waals surface area contributed by atoms with E-state index in [1.807, 2.05) is 0 Å². The lowest BCUT2D eigenvalue weighted by molar-refractivity contribution is 0.427. The van der Waals surface area contributed by atoms with E-state index in [0.717, 1.165) is 5.37 Å². The van der Waals surface area contributed by atoms with Gasteiger partial charge >= 0.3 is 0 Å². The van der Waals surface area contributed by atoms with Crippen molar-refractivity contribution in [1.82, 2.24) is 5.32 Å². The molecule has 1 heterocycles. The van der Waals surface area contributed by atoms with Crippen LogP contribution in [0.3, 0.4) is 0 Å². The topological polar surface area (TPSA) is 12.0 Å². The van der Waals surface area contributed by atoms with Crippen LogP contribution in [-0.2, 0) is 0 Å². The number of hydrogen-bond acceptors (Lipinski definition) is 2. The average Bonchev–Trinajstić information content (AvgIpc) is 2.57. The summed E-state index contributed by atoms with van der Waals surface area (Å²) in [6.45, 7) is 6.90. The van der Waals surface area contributed by atoms with Gasteiger partial charge in [0.1, 0.15) is 0 Å². The first-order valence-electron chi connectivity index (χ1n) is 7.03. The maximum atomic E-state index is 3.70. The van der Waals surface area contributed by atoms with E-state index in [1.165, 1.54) is 57.1 Å². The number of unbranched alkanes of at least 4 members (excludes halogenated alkanes) is 6. The maximum absolute atomic E-state index is 3.70. The van der Waals surface area contributed by atoms with Gasteiger partial charge in [-0.3, -0.25) is 5.32 Å². The zero-order chi connectivity index (χ0) is 11.9. The fraction of sp³-hybridized carbons (Fsp3) is 1.00. The highest BCUT2D eigenvalue weighted by Crippen LogP contribution is 2.29. The molecule has 0 amide bonds. The van der Waals surface area contributed by atoms with Crippen LogP contribution in [0.25, 0.3) is 0 Å². The molecule has 1 rings (SSSR count). The first-order chi connectivity index (χ1) is 7.64. The Balaban J connectivity index is 1.88. The van der Waals surface area contributed by atoms with Crippen LogP contribution in [0, 0.1) is 0 Å². The Morgan fingerprint density at radius 1 is 1.06 bits per heavy atom. The molecule has 0 aromatic heterocycles. The molecule has 1 aliphatic heterocycles. The van der Waals surface area contributed by atoms with E-state index in [1.54, 1.807) is 0 Å². The summed E-state index contributed by atoms with van der Waals surface area (Å²) < 4.78 is 0. The third-order valence-corrected chi connectivity index (χ3v) is 4.91. The van der Waals surface area contributed by atoms with Crippen LogP contribution in [0.5, 0.6) is 0 Å².